The van der Waals surface area contributed by atoms with Crippen molar-refractivity contribution in [3.63, 3.8) is 0 Å². The summed E-state index contributed by atoms with van der Waals surface area (Å²) in [5, 5.41) is 19.0. The molecule has 1 rings (SSSR count). The van der Waals surface area contributed by atoms with Crippen molar-refractivity contribution in [2.75, 3.05) is 32.5 Å². The summed E-state index contributed by atoms with van der Waals surface area (Å²) < 4.78 is 5.47. The third-order valence-electron chi connectivity index (χ3n) is 2.77. The Hall–Kier alpha value is -1.30. The van der Waals surface area contributed by atoms with Crippen molar-refractivity contribution in [1.29, 1.82) is 0 Å². The van der Waals surface area contributed by atoms with Gasteiger partial charge in [-0.05, 0) is 44.7 Å². The van der Waals surface area contributed by atoms with Crippen LogP contribution in [0.5, 0.6) is 5.75 Å². The number of nitrogens with zero attached hydrogens (tertiary/aromatic N) is 1. The van der Waals surface area contributed by atoms with Gasteiger partial charge in [0.15, 0.2) is 0 Å². The number of nitrogens with two attached hydrogens (primary N) is 1. The maximum absolute atomic E-state index is 9.85. The highest BCUT2D eigenvalue weighted by molar-refractivity contribution is 5.41. The molecule has 0 aromatic heterocycles. The van der Waals surface area contributed by atoms with E-state index in [1.807, 2.05) is 11.9 Å². The van der Waals surface area contributed by atoms with Gasteiger partial charge in [-0.15, -0.1) is 0 Å². The lowest BCUT2D eigenvalue weighted by atomic mass is 10.2. The van der Waals surface area contributed by atoms with Gasteiger partial charge in [0, 0.05) is 18.8 Å². The van der Waals surface area contributed by atoms with E-state index < -0.39 is 6.10 Å². The summed E-state index contributed by atoms with van der Waals surface area (Å²) in [6.45, 7) is 3.26. The number of aliphatic hydroxyl groups is 2. The zero-order valence-corrected chi connectivity index (χ0v) is 11.6. The van der Waals surface area contributed by atoms with Gasteiger partial charge in [-0.25, -0.2) is 0 Å². The Morgan fingerprint density at radius 2 is 1.89 bits per heavy atom. The molecule has 0 aliphatic carbocycles. The monoisotopic (exact) mass is 268 g/mol. The van der Waals surface area contributed by atoms with Gasteiger partial charge in [0.2, 0.25) is 0 Å². The first-order valence-electron chi connectivity index (χ1n) is 6.50. The molecule has 0 amide bonds. The lowest BCUT2D eigenvalue weighted by Crippen LogP contribution is -2.34. The van der Waals surface area contributed by atoms with Gasteiger partial charge in [-0.2, -0.15) is 0 Å². The molecule has 2 unspecified atom stereocenters. The van der Waals surface area contributed by atoms with Crippen LogP contribution in [0, 0.1) is 0 Å². The summed E-state index contributed by atoms with van der Waals surface area (Å²) in [5.41, 5.74) is 6.26. The average Bonchev–Trinajstić information content (AvgIpc) is 2.36. The van der Waals surface area contributed by atoms with Crippen molar-refractivity contribution in [3.05, 3.63) is 24.3 Å². The molecule has 1 aromatic carbocycles. The topological polar surface area (TPSA) is 79.0 Å². The molecule has 0 fully saturated rings. The molecule has 0 heterocycles. The lowest BCUT2D eigenvalue weighted by molar-refractivity contribution is 0.0708. The molecule has 0 aliphatic rings. The number of hydrogen-bond donors (Lipinski definition) is 3. The van der Waals surface area contributed by atoms with E-state index in [1.54, 1.807) is 31.2 Å². The van der Waals surface area contributed by atoms with Crippen molar-refractivity contribution < 1.29 is 14.9 Å². The Morgan fingerprint density at radius 1 is 1.26 bits per heavy atom. The lowest BCUT2D eigenvalue weighted by Gasteiger charge is -2.21. The number of rotatable bonds is 8. The van der Waals surface area contributed by atoms with Gasteiger partial charge >= 0.3 is 0 Å². The van der Waals surface area contributed by atoms with Crippen LogP contribution in [-0.2, 0) is 0 Å². The quantitative estimate of drug-likeness (QED) is 0.605. The van der Waals surface area contributed by atoms with Gasteiger partial charge in [0.25, 0.3) is 0 Å². The second-order valence-electron chi connectivity index (χ2n) is 4.93. The molecule has 0 aliphatic heterocycles. The summed E-state index contributed by atoms with van der Waals surface area (Å²) in [7, 11) is 1.91. The number of ether oxygens (including phenoxy) is 1. The van der Waals surface area contributed by atoms with Gasteiger partial charge in [0.1, 0.15) is 18.5 Å². The van der Waals surface area contributed by atoms with Crippen molar-refractivity contribution in [2.24, 2.45) is 0 Å². The number of likely N-dealkylation sites (N-methyl/N-ethyl adjacent to an activating group) is 1. The number of nitrogen functional groups attached to an aromatic ring is 1. The summed E-state index contributed by atoms with van der Waals surface area (Å²) >= 11 is 0. The molecule has 2 atom stereocenters. The number of hydrogen-bond acceptors (Lipinski definition) is 5. The zero-order valence-electron chi connectivity index (χ0n) is 11.6. The van der Waals surface area contributed by atoms with Crippen LogP contribution < -0.4 is 10.5 Å². The fourth-order valence-electron chi connectivity index (χ4n) is 1.67. The van der Waals surface area contributed by atoms with E-state index in [0.717, 1.165) is 6.54 Å². The molecule has 5 heteroatoms. The highest BCUT2D eigenvalue weighted by atomic mass is 16.5. The molecule has 19 heavy (non-hydrogen) atoms. The van der Waals surface area contributed by atoms with Crippen molar-refractivity contribution in [2.45, 2.75) is 25.6 Å². The van der Waals surface area contributed by atoms with Crippen LogP contribution in [0.25, 0.3) is 0 Å². The summed E-state index contributed by atoms with van der Waals surface area (Å²) in [4.78, 5) is 1.98. The molecule has 0 bridgehead atoms. The molecule has 5 nitrogen and oxygen atoms in total. The third kappa shape index (κ3) is 7.00. The first-order chi connectivity index (χ1) is 8.97. The number of anilines is 1. The van der Waals surface area contributed by atoms with Crippen LogP contribution in [0.1, 0.15) is 13.3 Å². The van der Waals surface area contributed by atoms with Crippen molar-refractivity contribution in [1.82, 2.24) is 4.90 Å². The highest BCUT2D eigenvalue weighted by Crippen LogP contribution is 2.13. The zero-order chi connectivity index (χ0) is 14.3. The van der Waals surface area contributed by atoms with Crippen LogP contribution >= 0.6 is 0 Å². The molecule has 0 saturated heterocycles. The molecule has 1 aromatic rings. The molecule has 0 saturated carbocycles. The van der Waals surface area contributed by atoms with Crippen molar-refractivity contribution in [3.8, 4) is 5.75 Å². The van der Waals surface area contributed by atoms with Crippen LogP contribution in [0.3, 0.4) is 0 Å². The third-order valence-corrected chi connectivity index (χ3v) is 2.77. The Labute approximate surface area is 114 Å². The van der Waals surface area contributed by atoms with Gasteiger partial charge in [-0.1, -0.05) is 0 Å². The Morgan fingerprint density at radius 3 is 2.47 bits per heavy atom. The molecule has 108 valence electrons. The summed E-state index contributed by atoms with van der Waals surface area (Å²) in [6, 6.07) is 7.07. The van der Waals surface area contributed by atoms with Crippen molar-refractivity contribution >= 4 is 5.69 Å². The van der Waals surface area contributed by atoms with Crippen LogP contribution in [-0.4, -0.2) is 54.1 Å². The first kappa shape index (κ1) is 15.8. The van der Waals surface area contributed by atoms with E-state index in [9.17, 15) is 10.2 Å². The Bertz CT molecular complexity index is 354. The molecular weight excluding hydrogens is 244 g/mol. The predicted molar refractivity (Wildman–Crippen MR) is 76.2 cm³/mol. The van der Waals surface area contributed by atoms with E-state index in [4.69, 9.17) is 10.5 Å². The fourth-order valence-corrected chi connectivity index (χ4v) is 1.67. The normalized spacial score (nSPS) is 14.4. The maximum Gasteiger partial charge on any atom is 0.119 e. The minimum atomic E-state index is -0.559. The number of aliphatic hydroxyl groups excluding tert-OH is 2. The molecule has 4 N–H and O–H groups in total. The Balaban J connectivity index is 2.23. The Kier molecular flexibility index (Phi) is 6.62. The predicted octanol–water partition coefficient (Wildman–Crippen LogP) is 0.711. The van der Waals surface area contributed by atoms with Gasteiger partial charge < -0.3 is 25.6 Å². The van der Waals surface area contributed by atoms with Gasteiger partial charge in [-0.3, -0.25) is 0 Å². The first-order valence-corrected chi connectivity index (χ1v) is 6.50. The second-order valence-corrected chi connectivity index (χ2v) is 4.93. The second kappa shape index (κ2) is 7.99. The maximum atomic E-state index is 9.85. The average molecular weight is 268 g/mol. The molecule has 0 radical (unpaired) electrons. The number of benzene rings is 1. The SMILES string of the molecule is CC(O)CCN(C)CC(O)COc1ccc(N)cc1. The minimum absolute atomic E-state index is 0.239. The summed E-state index contributed by atoms with van der Waals surface area (Å²) in [6.07, 6.45) is -0.177. The van der Waals surface area contributed by atoms with E-state index in [0.29, 0.717) is 24.4 Å². The van der Waals surface area contributed by atoms with E-state index in [-0.39, 0.29) is 12.7 Å². The largest absolute Gasteiger partial charge is 0.491 e. The standard InChI is InChI=1S/C14H24N2O3/c1-11(17)7-8-16(2)9-13(18)10-19-14-5-3-12(15)4-6-14/h3-6,11,13,17-18H,7-10,15H2,1-2H3. The van der Waals surface area contributed by atoms with Gasteiger partial charge in [0.05, 0.1) is 6.10 Å². The smallest absolute Gasteiger partial charge is 0.119 e. The highest BCUT2D eigenvalue weighted by Gasteiger charge is 2.09. The van der Waals surface area contributed by atoms with Crippen LogP contribution in [0.15, 0.2) is 24.3 Å². The van der Waals surface area contributed by atoms with E-state index >= 15 is 0 Å². The minimum Gasteiger partial charge on any atom is -0.491 e. The van der Waals surface area contributed by atoms with Crippen LogP contribution in [0.4, 0.5) is 5.69 Å². The fraction of sp³-hybridized carbons (Fsp3) is 0.571. The summed E-state index contributed by atoms with van der Waals surface area (Å²) in [5.74, 6) is 0.694. The molecular formula is C14H24N2O3. The molecule has 0 spiro atoms. The van der Waals surface area contributed by atoms with Crippen LogP contribution in [0.2, 0.25) is 0 Å². The van der Waals surface area contributed by atoms with E-state index in [1.165, 1.54) is 0 Å². The van der Waals surface area contributed by atoms with E-state index in [2.05, 4.69) is 0 Å².